The third kappa shape index (κ3) is 4.41. The van der Waals surface area contributed by atoms with Gasteiger partial charge in [-0.3, -0.25) is 15.0 Å². The molecule has 0 spiro atoms. The molecule has 0 amide bonds. The monoisotopic (exact) mass is 293 g/mol. The fourth-order valence-corrected chi connectivity index (χ4v) is 2.53. The maximum absolute atomic E-state index is 11.2. The lowest BCUT2D eigenvalue weighted by Gasteiger charge is -2.31. The molecule has 1 saturated heterocycles. The van der Waals surface area contributed by atoms with Gasteiger partial charge in [-0.15, -0.1) is 0 Å². The van der Waals surface area contributed by atoms with Crippen LogP contribution in [0.5, 0.6) is 0 Å². The van der Waals surface area contributed by atoms with Crippen LogP contribution in [0.4, 0.5) is 11.4 Å². The number of benzene rings is 1. The highest BCUT2D eigenvalue weighted by molar-refractivity contribution is 5.62. The Balaban J connectivity index is 2.09. The van der Waals surface area contributed by atoms with Crippen LogP contribution in [0.3, 0.4) is 0 Å². The Morgan fingerprint density at radius 2 is 2.33 bits per heavy atom. The minimum absolute atomic E-state index is 0.155. The highest BCUT2D eigenvalue weighted by atomic mass is 16.6. The van der Waals surface area contributed by atoms with E-state index in [1.807, 2.05) is 26.0 Å². The van der Waals surface area contributed by atoms with E-state index in [1.165, 1.54) is 0 Å². The van der Waals surface area contributed by atoms with E-state index in [-0.39, 0.29) is 16.7 Å². The van der Waals surface area contributed by atoms with E-state index in [0.29, 0.717) is 5.69 Å². The fraction of sp³-hybridized carbons (Fsp3) is 0.600. The Labute approximate surface area is 125 Å². The van der Waals surface area contributed by atoms with Crippen molar-refractivity contribution in [2.45, 2.75) is 32.9 Å². The maximum Gasteiger partial charge on any atom is 0.292 e. The molecule has 1 aromatic rings. The van der Waals surface area contributed by atoms with Gasteiger partial charge in [0.05, 0.1) is 17.6 Å². The number of hydrogen-bond acceptors (Lipinski definition) is 5. The standard InChI is InChI=1S/C15H23N3O3/c1-3-6-16-14-5-4-13(9-15(14)18(19)20)11-17-7-8-21-12(2)10-17/h4-5,9,12,16H,3,6-8,10-11H2,1-2H3. The highest BCUT2D eigenvalue weighted by Gasteiger charge is 2.19. The van der Waals surface area contributed by atoms with Crippen LogP contribution in [-0.2, 0) is 11.3 Å². The first kappa shape index (κ1) is 15.7. The molecular formula is C15H23N3O3. The molecule has 0 radical (unpaired) electrons. The number of hydrogen-bond donors (Lipinski definition) is 1. The largest absolute Gasteiger partial charge is 0.380 e. The van der Waals surface area contributed by atoms with Crippen molar-refractivity contribution in [3.63, 3.8) is 0 Å². The molecule has 6 heteroatoms. The molecule has 1 unspecified atom stereocenters. The molecule has 1 heterocycles. The second kappa shape index (κ2) is 7.38. The van der Waals surface area contributed by atoms with Crippen LogP contribution in [0.2, 0.25) is 0 Å². The maximum atomic E-state index is 11.2. The van der Waals surface area contributed by atoms with Crippen LogP contribution in [0.1, 0.15) is 25.8 Å². The number of morpholine rings is 1. The molecule has 0 saturated carbocycles. The summed E-state index contributed by atoms with van der Waals surface area (Å²) in [5, 5.41) is 14.3. The zero-order valence-corrected chi connectivity index (χ0v) is 12.7. The summed E-state index contributed by atoms with van der Waals surface area (Å²) in [5.41, 5.74) is 1.72. The highest BCUT2D eigenvalue weighted by Crippen LogP contribution is 2.26. The van der Waals surface area contributed by atoms with E-state index in [9.17, 15) is 10.1 Å². The number of anilines is 1. The minimum atomic E-state index is -0.316. The molecule has 0 aliphatic carbocycles. The number of ether oxygens (including phenoxy) is 1. The summed E-state index contributed by atoms with van der Waals surface area (Å²) in [7, 11) is 0. The van der Waals surface area contributed by atoms with Crippen LogP contribution in [-0.4, -0.2) is 42.2 Å². The van der Waals surface area contributed by atoms with Gasteiger partial charge in [0, 0.05) is 32.2 Å². The van der Waals surface area contributed by atoms with Crippen molar-refractivity contribution >= 4 is 11.4 Å². The zero-order chi connectivity index (χ0) is 15.2. The molecule has 0 aromatic heterocycles. The summed E-state index contributed by atoms with van der Waals surface area (Å²) < 4.78 is 5.51. The van der Waals surface area contributed by atoms with Crippen LogP contribution in [0.15, 0.2) is 18.2 Å². The van der Waals surface area contributed by atoms with E-state index in [4.69, 9.17) is 4.74 Å². The van der Waals surface area contributed by atoms with E-state index < -0.39 is 0 Å². The molecule has 116 valence electrons. The molecule has 1 aliphatic rings. The summed E-state index contributed by atoms with van der Waals surface area (Å²) in [6, 6.07) is 5.45. The second-order valence-corrected chi connectivity index (χ2v) is 5.45. The van der Waals surface area contributed by atoms with Crippen molar-refractivity contribution in [1.82, 2.24) is 4.90 Å². The topological polar surface area (TPSA) is 67.6 Å². The summed E-state index contributed by atoms with van der Waals surface area (Å²) >= 11 is 0. The number of nitrogens with zero attached hydrogens (tertiary/aromatic N) is 2. The Morgan fingerprint density at radius 3 is 3.00 bits per heavy atom. The molecule has 21 heavy (non-hydrogen) atoms. The summed E-state index contributed by atoms with van der Waals surface area (Å²) in [6.45, 7) is 8.00. The molecule has 1 N–H and O–H groups in total. The van der Waals surface area contributed by atoms with Gasteiger partial charge >= 0.3 is 0 Å². The van der Waals surface area contributed by atoms with E-state index in [0.717, 1.165) is 44.8 Å². The SMILES string of the molecule is CCCNc1ccc(CN2CCOC(C)C2)cc1[N+](=O)[O-]. The number of nitro groups is 1. The zero-order valence-electron chi connectivity index (χ0n) is 12.7. The Hall–Kier alpha value is -1.66. The van der Waals surface area contributed by atoms with Gasteiger partial charge in [-0.1, -0.05) is 13.0 Å². The number of rotatable bonds is 6. The van der Waals surface area contributed by atoms with Crippen molar-refractivity contribution in [2.24, 2.45) is 0 Å². The minimum Gasteiger partial charge on any atom is -0.380 e. The summed E-state index contributed by atoms with van der Waals surface area (Å²) in [6.07, 6.45) is 1.16. The molecule has 0 bridgehead atoms. The van der Waals surface area contributed by atoms with Gasteiger partial charge < -0.3 is 10.1 Å². The number of nitrogens with one attached hydrogen (secondary N) is 1. The van der Waals surface area contributed by atoms with Crippen molar-refractivity contribution in [2.75, 3.05) is 31.6 Å². The van der Waals surface area contributed by atoms with Gasteiger partial charge in [-0.25, -0.2) is 0 Å². The predicted octanol–water partition coefficient (Wildman–Crippen LogP) is 2.64. The average Bonchev–Trinajstić information content (AvgIpc) is 2.45. The van der Waals surface area contributed by atoms with Crippen LogP contribution in [0.25, 0.3) is 0 Å². The summed E-state index contributed by atoms with van der Waals surface area (Å²) in [5.74, 6) is 0. The van der Waals surface area contributed by atoms with E-state index in [1.54, 1.807) is 6.07 Å². The van der Waals surface area contributed by atoms with Gasteiger partial charge in [0.15, 0.2) is 0 Å². The van der Waals surface area contributed by atoms with Gasteiger partial charge in [-0.2, -0.15) is 0 Å². The lowest BCUT2D eigenvalue weighted by Crippen LogP contribution is -2.40. The average molecular weight is 293 g/mol. The first-order valence-corrected chi connectivity index (χ1v) is 7.45. The number of nitro benzene ring substituents is 1. The van der Waals surface area contributed by atoms with Gasteiger partial charge in [0.25, 0.3) is 5.69 Å². The quantitative estimate of drug-likeness (QED) is 0.645. The van der Waals surface area contributed by atoms with Crippen LogP contribution < -0.4 is 5.32 Å². The van der Waals surface area contributed by atoms with Crippen molar-refractivity contribution < 1.29 is 9.66 Å². The summed E-state index contributed by atoms with van der Waals surface area (Å²) in [4.78, 5) is 13.2. The Bertz CT molecular complexity index is 493. The lowest BCUT2D eigenvalue weighted by molar-refractivity contribution is -0.384. The molecule has 6 nitrogen and oxygen atoms in total. The Morgan fingerprint density at radius 1 is 1.52 bits per heavy atom. The van der Waals surface area contributed by atoms with Gasteiger partial charge in [0.2, 0.25) is 0 Å². The second-order valence-electron chi connectivity index (χ2n) is 5.45. The van der Waals surface area contributed by atoms with Crippen molar-refractivity contribution in [3.8, 4) is 0 Å². The lowest BCUT2D eigenvalue weighted by atomic mass is 10.1. The van der Waals surface area contributed by atoms with E-state index >= 15 is 0 Å². The third-order valence-electron chi connectivity index (χ3n) is 3.56. The molecule has 2 rings (SSSR count). The van der Waals surface area contributed by atoms with Gasteiger partial charge in [0.1, 0.15) is 5.69 Å². The fourth-order valence-electron chi connectivity index (χ4n) is 2.53. The smallest absolute Gasteiger partial charge is 0.292 e. The molecule has 1 aliphatic heterocycles. The molecular weight excluding hydrogens is 270 g/mol. The molecule has 1 atom stereocenters. The van der Waals surface area contributed by atoms with Crippen LogP contribution in [0, 0.1) is 10.1 Å². The normalized spacial score (nSPS) is 19.4. The molecule has 1 fully saturated rings. The van der Waals surface area contributed by atoms with Crippen LogP contribution >= 0.6 is 0 Å². The first-order valence-electron chi connectivity index (χ1n) is 7.45. The Kier molecular flexibility index (Phi) is 5.52. The van der Waals surface area contributed by atoms with Crippen molar-refractivity contribution in [3.05, 3.63) is 33.9 Å². The third-order valence-corrected chi connectivity index (χ3v) is 3.56. The molecule has 1 aromatic carbocycles. The van der Waals surface area contributed by atoms with E-state index in [2.05, 4.69) is 10.2 Å². The van der Waals surface area contributed by atoms with Crippen molar-refractivity contribution in [1.29, 1.82) is 0 Å². The van der Waals surface area contributed by atoms with Gasteiger partial charge in [-0.05, 0) is 25.0 Å². The first-order chi connectivity index (χ1) is 10.1. The predicted molar refractivity (Wildman–Crippen MR) is 82.6 cm³/mol.